The number of amides is 2. The van der Waals surface area contributed by atoms with E-state index in [0.717, 1.165) is 0 Å². The molecule has 244 valence electrons. The van der Waals surface area contributed by atoms with Crippen molar-refractivity contribution in [1.82, 2.24) is 10.2 Å². The van der Waals surface area contributed by atoms with Gasteiger partial charge in [-0.1, -0.05) is 56.3 Å². The minimum Gasteiger partial charge on any atom is -0.497 e. The Balaban J connectivity index is 1.60. The van der Waals surface area contributed by atoms with Crippen molar-refractivity contribution < 1.29 is 38.7 Å². The predicted octanol–water partition coefficient (Wildman–Crippen LogP) is 4.07. The summed E-state index contributed by atoms with van der Waals surface area (Å²) in [7, 11) is 4.54. The summed E-state index contributed by atoms with van der Waals surface area (Å²) in [6, 6.07) is 19.7. The molecule has 3 N–H and O–H groups in total. The van der Waals surface area contributed by atoms with Crippen molar-refractivity contribution in [3.05, 3.63) is 83.4 Å². The van der Waals surface area contributed by atoms with Gasteiger partial charge >= 0.3 is 0 Å². The van der Waals surface area contributed by atoms with E-state index in [1.165, 1.54) is 14.2 Å². The molecule has 10 nitrogen and oxygen atoms in total. The van der Waals surface area contributed by atoms with Gasteiger partial charge in [-0.2, -0.15) is 0 Å². The number of likely N-dealkylation sites (tertiary alicyclic amines) is 1. The Morgan fingerprint density at radius 1 is 1.02 bits per heavy atom. The maximum absolute atomic E-state index is 15.1. The van der Waals surface area contributed by atoms with Crippen LogP contribution < -0.4 is 24.3 Å². The van der Waals surface area contributed by atoms with Gasteiger partial charge < -0.3 is 39.4 Å². The van der Waals surface area contributed by atoms with Crippen molar-refractivity contribution in [3.63, 3.8) is 0 Å². The number of carbonyl (C=O) groups is 2. The van der Waals surface area contributed by atoms with Gasteiger partial charge in [0.1, 0.15) is 40.9 Å². The van der Waals surface area contributed by atoms with Crippen molar-refractivity contribution >= 4 is 11.8 Å². The Kier molecular flexibility index (Phi) is 8.37. The fourth-order valence-electron chi connectivity index (χ4n) is 7.61. The van der Waals surface area contributed by atoms with E-state index in [9.17, 15) is 15.0 Å². The molecule has 2 amide bonds. The van der Waals surface area contributed by atoms with Crippen molar-refractivity contribution in [2.75, 3.05) is 27.9 Å². The van der Waals surface area contributed by atoms with Crippen LogP contribution in [0.15, 0.2) is 66.7 Å². The Labute approximate surface area is 269 Å². The van der Waals surface area contributed by atoms with Gasteiger partial charge in [0.05, 0.1) is 32.8 Å². The monoisotopic (exact) mass is 630 g/mol. The molecule has 2 fully saturated rings. The molecule has 3 aliphatic rings. The summed E-state index contributed by atoms with van der Waals surface area (Å²) >= 11 is 0. The molecule has 3 aromatic rings. The third-order valence-corrected chi connectivity index (χ3v) is 10.1. The standard InChI is InChI=1S/C36H42N2O8/c1-6-21(2)32(39)37-28-13-10-18-38(28)33(40)31-29(22-11-8-7-9-12-22)36(23-14-16-24(43-3)17-15-23)34(41)35(31,42)30-26(45-5)19-25(44-4)20-27(30)46-36/h7-9,11-12,14-17,19-21,28-29,31,34,41-42H,6,10,13,18H2,1-5H3,(H,37,39)/t21-,28-,29+,31-,34+,35+,36+/m0/s1. The lowest BCUT2D eigenvalue weighted by Gasteiger charge is -2.45. The summed E-state index contributed by atoms with van der Waals surface area (Å²) < 4.78 is 23.7. The summed E-state index contributed by atoms with van der Waals surface area (Å²) in [6.07, 6.45) is -0.244. The first kappa shape index (κ1) is 31.7. The SMILES string of the molecule is CC[C@H](C)C(=O)N[C@@H]1CCCN1C(=O)[C@@H]1[C@@H](c2ccccc2)[C@@]2(c3ccc(OC)cc3)Oc3cc(OC)cc(OC)c3[C@]1(O)[C@H]2O. The summed E-state index contributed by atoms with van der Waals surface area (Å²) in [5.41, 5.74) is -2.37. The largest absolute Gasteiger partial charge is 0.497 e. The average molecular weight is 631 g/mol. The number of ether oxygens (including phenoxy) is 4. The predicted molar refractivity (Wildman–Crippen MR) is 170 cm³/mol. The van der Waals surface area contributed by atoms with E-state index in [1.54, 1.807) is 48.4 Å². The van der Waals surface area contributed by atoms with Gasteiger partial charge in [0.25, 0.3) is 0 Å². The molecule has 2 aliphatic heterocycles. The van der Waals surface area contributed by atoms with E-state index < -0.39 is 41.2 Å². The van der Waals surface area contributed by atoms with E-state index in [1.807, 2.05) is 44.2 Å². The molecule has 1 aliphatic carbocycles. The minimum absolute atomic E-state index is 0.132. The number of hydrogen-bond acceptors (Lipinski definition) is 8. The number of nitrogens with zero attached hydrogens (tertiary/aromatic N) is 1. The van der Waals surface area contributed by atoms with Crippen LogP contribution in [-0.4, -0.2) is 67.1 Å². The molecule has 6 rings (SSSR count). The molecule has 7 atom stereocenters. The zero-order valence-electron chi connectivity index (χ0n) is 26.9. The summed E-state index contributed by atoms with van der Waals surface area (Å²) in [6.45, 7) is 4.19. The Morgan fingerprint density at radius 2 is 1.72 bits per heavy atom. The zero-order chi connectivity index (χ0) is 32.8. The highest BCUT2D eigenvalue weighted by molar-refractivity contribution is 5.86. The number of carbonyl (C=O) groups excluding carboxylic acids is 2. The second-order valence-electron chi connectivity index (χ2n) is 12.4. The highest BCUT2D eigenvalue weighted by atomic mass is 16.5. The third-order valence-electron chi connectivity index (χ3n) is 10.1. The second-order valence-corrected chi connectivity index (χ2v) is 12.4. The van der Waals surface area contributed by atoms with Crippen LogP contribution in [0.4, 0.5) is 0 Å². The number of methoxy groups -OCH3 is 3. The maximum Gasteiger partial charge on any atom is 0.231 e. The minimum atomic E-state index is -2.17. The highest BCUT2D eigenvalue weighted by Gasteiger charge is 2.76. The smallest absolute Gasteiger partial charge is 0.231 e. The molecular formula is C36H42N2O8. The van der Waals surface area contributed by atoms with Gasteiger partial charge in [0.15, 0.2) is 5.60 Å². The van der Waals surface area contributed by atoms with Gasteiger partial charge in [0.2, 0.25) is 11.8 Å². The van der Waals surface area contributed by atoms with E-state index in [-0.39, 0.29) is 28.9 Å². The van der Waals surface area contributed by atoms with Crippen molar-refractivity contribution in [2.45, 2.75) is 62.5 Å². The van der Waals surface area contributed by atoms with Gasteiger partial charge in [0, 0.05) is 30.5 Å². The number of benzene rings is 3. The summed E-state index contributed by atoms with van der Waals surface area (Å²) in [5, 5.41) is 28.8. The zero-order valence-corrected chi connectivity index (χ0v) is 26.9. The maximum atomic E-state index is 15.1. The molecule has 0 spiro atoms. The van der Waals surface area contributed by atoms with Crippen molar-refractivity contribution in [2.24, 2.45) is 11.8 Å². The molecule has 2 heterocycles. The summed E-state index contributed by atoms with van der Waals surface area (Å²) in [5.74, 6) is -1.38. The van der Waals surface area contributed by atoms with Crippen LogP contribution in [0.25, 0.3) is 0 Å². The topological polar surface area (TPSA) is 127 Å². The first-order valence-electron chi connectivity index (χ1n) is 15.8. The molecular weight excluding hydrogens is 588 g/mol. The van der Waals surface area contributed by atoms with E-state index in [4.69, 9.17) is 18.9 Å². The average Bonchev–Trinajstić information content (AvgIpc) is 3.59. The van der Waals surface area contributed by atoms with Crippen molar-refractivity contribution in [1.29, 1.82) is 0 Å². The van der Waals surface area contributed by atoms with Crippen LogP contribution >= 0.6 is 0 Å². The quantitative estimate of drug-likeness (QED) is 0.323. The molecule has 0 radical (unpaired) electrons. The molecule has 2 bridgehead atoms. The van der Waals surface area contributed by atoms with Crippen LogP contribution in [0.3, 0.4) is 0 Å². The first-order chi connectivity index (χ1) is 22.1. The lowest BCUT2D eigenvalue weighted by molar-refractivity contribution is -0.167. The van der Waals surface area contributed by atoms with Gasteiger partial charge in [-0.3, -0.25) is 9.59 Å². The lowest BCUT2D eigenvalue weighted by atomic mass is 9.75. The van der Waals surface area contributed by atoms with E-state index in [0.29, 0.717) is 48.4 Å². The van der Waals surface area contributed by atoms with Crippen LogP contribution in [0.5, 0.6) is 23.0 Å². The van der Waals surface area contributed by atoms with Gasteiger partial charge in [-0.25, -0.2) is 0 Å². The third kappa shape index (κ3) is 4.69. The normalized spacial score (nSPS) is 28.5. The number of aliphatic hydroxyl groups excluding tert-OH is 1. The molecule has 46 heavy (non-hydrogen) atoms. The number of hydrogen-bond donors (Lipinski definition) is 3. The Bertz CT molecular complexity index is 1600. The molecule has 0 unspecified atom stereocenters. The highest BCUT2D eigenvalue weighted by Crippen LogP contribution is 2.68. The number of nitrogens with one attached hydrogen (secondary N) is 1. The van der Waals surface area contributed by atoms with E-state index >= 15 is 4.79 Å². The second kappa shape index (κ2) is 12.1. The Morgan fingerprint density at radius 3 is 2.35 bits per heavy atom. The van der Waals surface area contributed by atoms with E-state index in [2.05, 4.69) is 5.32 Å². The van der Waals surface area contributed by atoms with Gasteiger partial charge in [-0.05, 0) is 42.5 Å². The van der Waals surface area contributed by atoms with Crippen molar-refractivity contribution in [3.8, 4) is 23.0 Å². The summed E-state index contributed by atoms with van der Waals surface area (Å²) in [4.78, 5) is 29.8. The molecule has 3 aromatic carbocycles. The van der Waals surface area contributed by atoms with Crippen LogP contribution in [0.2, 0.25) is 0 Å². The van der Waals surface area contributed by atoms with Crippen LogP contribution in [0, 0.1) is 11.8 Å². The number of aliphatic hydroxyl groups is 2. The molecule has 0 aromatic heterocycles. The van der Waals surface area contributed by atoms with Gasteiger partial charge in [-0.15, -0.1) is 0 Å². The lowest BCUT2D eigenvalue weighted by Crippen LogP contribution is -2.56. The molecule has 10 heteroatoms. The molecule has 1 saturated heterocycles. The fourth-order valence-corrected chi connectivity index (χ4v) is 7.61. The first-order valence-corrected chi connectivity index (χ1v) is 15.8. The number of fused-ring (bicyclic) bond motifs is 4. The number of rotatable bonds is 9. The van der Waals surface area contributed by atoms with Crippen LogP contribution in [0.1, 0.15) is 55.7 Å². The van der Waals surface area contributed by atoms with Crippen LogP contribution in [-0.2, 0) is 20.8 Å². The molecule has 1 saturated carbocycles. The Hall–Kier alpha value is -4.28. The fraction of sp³-hybridized carbons (Fsp3) is 0.444.